The van der Waals surface area contributed by atoms with Gasteiger partial charge in [-0.3, -0.25) is 4.79 Å². The molecule has 29 heavy (non-hydrogen) atoms. The Balaban J connectivity index is 1.51. The van der Waals surface area contributed by atoms with Gasteiger partial charge in [-0.1, -0.05) is 0 Å². The van der Waals surface area contributed by atoms with Gasteiger partial charge in [0.1, 0.15) is 30.3 Å². The zero-order valence-electron chi connectivity index (χ0n) is 16.2. The summed E-state index contributed by atoms with van der Waals surface area (Å²) < 4.78 is 5.47. The number of carbonyl (C=O) groups excluding carboxylic acids is 1. The number of benzene rings is 1. The number of thiophene rings is 1. The Bertz CT molecular complexity index is 1060. The highest BCUT2D eigenvalue weighted by molar-refractivity contribution is 7.19. The molecule has 8 heteroatoms. The lowest BCUT2D eigenvalue weighted by Crippen LogP contribution is -3.12. The van der Waals surface area contributed by atoms with Crippen molar-refractivity contribution in [2.45, 2.75) is 25.8 Å². The highest BCUT2D eigenvalue weighted by Crippen LogP contribution is 2.40. The van der Waals surface area contributed by atoms with E-state index in [1.54, 1.807) is 12.1 Å². The summed E-state index contributed by atoms with van der Waals surface area (Å²) in [6, 6.07) is 7.21. The molecule has 3 heterocycles. The minimum absolute atomic E-state index is 0.424. The molecular weight excluding hydrogens is 386 g/mol. The van der Waals surface area contributed by atoms with Crippen molar-refractivity contribution in [1.29, 1.82) is 0 Å². The Labute approximate surface area is 172 Å². The molecule has 7 nitrogen and oxygen atoms in total. The van der Waals surface area contributed by atoms with E-state index in [2.05, 4.69) is 5.32 Å². The summed E-state index contributed by atoms with van der Waals surface area (Å²) >= 11 is 1.81. The highest BCUT2D eigenvalue weighted by atomic mass is 32.1. The van der Waals surface area contributed by atoms with E-state index in [0.29, 0.717) is 5.56 Å². The number of quaternary nitrogens is 1. The van der Waals surface area contributed by atoms with Gasteiger partial charge in [-0.25, -0.2) is 9.97 Å². The maximum atomic E-state index is 11.3. The molecule has 1 fully saturated rings. The Morgan fingerprint density at radius 2 is 1.97 bits per heavy atom. The lowest BCUT2D eigenvalue weighted by Gasteiger charge is -2.23. The quantitative estimate of drug-likeness (QED) is 0.592. The number of nitrogens with zero attached hydrogens (tertiary/aromatic N) is 2. The van der Waals surface area contributed by atoms with Crippen LogP contribution < -0.4 is 16.0 Å². The normalized spacial score (nSPS) is 16.8. The van der Waals surface area contributed by atoms with Crippen LogP contribution in [0.2, 0.25) is 0 Å². The number of morpholine rings is 1. The number of anilines is 2. The zero-order valence-corrected chi connectivity index (χ0v) is 17.0. The number of rotatable bonds is 5. The minimum Gasteiger partial charge on any atom is -0.370 e. The van der Waals surface area contributed by atoms with E-state index in [4.69, 9.17) is 20.4 Å². The van der Waals surface area contributed by atoms with Gasteiger partial charge in [0.25, 0.3) is 0 Å². The third-order valence-electron chi connectivity index (χ3n) is 5.65. The average Bonchev–Trinajstić information content (AvgIpc) is 3.30. The second-order valence-corrected chi connectivity index (χ2v) is 8.72. The van der Waals surface area contributed by atoms with E-state index in [0.717, 1.165) is 73.2 Å². The molecule has 150 valence electrons. The van der Waals surface area contributed by atoms with Gasteiger partial charge in [0, 0.05) is 16.1 Å². The molecule has 1 amide bonds. The van der Waals surface area contributed by atoms with Crippen molar-refractivity contribution in [2.24, 2.45) is 5.73 Å². The molecule has 2 aliphatic rings. The largest absolute Gasteiger partial charge is 0.370 e. The number of amides is 1. The summed E-state index contributed by atoms with van der Waals surface area (Å²) in [6.45, 7) is 4.36. The summed E-state index contributed by atoms with van der Waals surface area (Å²) in [5.74, 6) is 1.31. The molecule has 1 aromatic carbocycles. The second kappa shape index (κ2) is 7.70. The van der Waals surface area contributed by atoms with Gasteiger partial charge < -0.3 is 20.7 Å². The van der Waals surface area contributed by atoms with Crippen LogP contribution in [0, 0.1) is 0 Å². The molecule has 0 saturated carbocycles. The minimum atomic E-state index is -0.424. The second-order valence-electron chi connectivity index (χ2n) is 7.63. The number of primary amides is 1. The first-order chi connectivity index (χ1) is 14.2. The third kappa shape index (κ3) is 3.71. The van der Waals surface area contributed by atoms with Crippen LogP contribution >= 0.6 is 11.3 Å². The van der Waals surface area contributed by atoms with Crippen LogP contribution in [0.1, 0.15) is 33.0 Å². The first kappa shape index (κ1) is 18.5. The summed E-state index contributed by atoms with van der Waals surface area (Å²) in [5, 5.41) is 4.63. The lowest BCUT2D eigenvalue weighted by molar-refractivity contribution is -0.922. The molecule has 0 bridgehead atoms. The summed E-state index contributed by atoms with van der Waals surface area (Å²) in [5.41, 5.74) is 8.14. The Morgan fingerprint density at radius 1 is 1.17 bits per heavy atom. The van der Waals surface area contributed by atoms with Crippen LogP contribution in [-0.2, 0) is 24.1 Å². The van der Waals surface area contributed by atoms with Crippen LogP contribution in [0.5, 0.6) is 0 Å². The summed E-state index contributed by atoms with van der Waals surface area (Å²) in [6.07, 6.45) is 3.42. The van der Waals surface area contributed by atoms with Gasteiger partial charge in [-0.2, -0.15) is 0 Å². The number of fused-ring (bicyclic) bond motifs is 3. The monoisotopic (exact) mass is 410 g/mol. The SMILES string of the molecule is NC(=O)c1ccc(Nc2nc(C[NH+]3CCOCC3)nc3sc4c(c23)CCC4)cc1. The number of ether oxygens (including phenoxy) is 1. The van der Waals surface area contributed by atoms with E-state index in [1.807, 2.05) is 23.5 Å². The van der Waals surface area contributed by atoms with Crippen molar-refractivity contribution in [3.8, 4) is 0 Å². The number of hydrogen-bond donors (Lipinski definition) is 3. The fraction of sp³-hybridized carbons (Fsp3) is 0.381. The summed E-state index contributed by atoms with van der Waals surface area (Å²) in [7, 11) is 0. The molecule has 5 rings (SSSR count). The predicted molar refractivity (Wildman–Crippen MR) is 113 cm³/mol. The van der Waals surface area contributed by atoms with Crippen LogP contribution in [0.4, 0.5) is 11.5 Å². The number of carbonyl (C=O) groups is 1. The molecule has 0 spiro atoms. The van der Waals surface area contributed by atoms with E-state index < -0.39 is 5.91 Å². The Hall–Kier alpha value is -2.55. The molecule has 0 unspecified atom stereocenters. The lowest BCUT2D eigenvalue weighted by atomic mass is 10.1. The van der Waals surface area contributed by atoms with E-state index in [9.17, 15) is 4.79 Å². The maximum Gasteiger partial charge on any atom is 0.248 e. The first-order valence-corrected chi connectivity index (χ1v) is 10.9. The van der Waals surface area contributed by atoms with Gasteiger partial charge in [0.05, 0.1) is 18.6 Å². The van der Waals surface area contributed by atoms with E-state index in [1.165, 1.54) is 21.8 Å². The fourth-order valence-electron chi connectivity index (χ4n) is 4.12. The number of aryl methyl sites for hydroxylation is 2. The molecule has 1 saturated heterocycles. The average molecular weight is 411 g/mol. The maximum absolute atomic E-state index is 11.3. The molecule has 1 aliphatic carbocycles. The molecule has 4 N–H and O–H groups in total. The molecule has 0 radical (unpaired) electrons. The Kier molecular flexibility index (Phi) is 4.91. The predicted octanol–water partition coefficient (Wildman–Crippen LogP) is 1.44. The smallest absolute Gasteiger partial charge is 0.248 e. The van der Waals surface area contributed by atoms with Crippen molar-refractivity contribution in [2.75, 3.05) is 31.6 Å². The molecule has 0 atom stereocenters. The van der Waals surface area contributed by atoms with Crippen molar-refractivity contribution in [3.05, 3.63) is 46.1 Å². The van der Waals surface area contributed by atoms with Crippen LogP contribution in [0.15, 0.2) is 24.3 Å². The number of aromatic nitrogens is 2. The Morgan fingerprint density at radius 3 is 2.72 bits per heavy atom. The number of hydrogen-bond acceptors (Lipinski definition) is 6. The van der Waals surface area contributed by atoms with Crippen molar-refractivity contribution in [1.82, 2.24) is 9.97 Å². The van der Waals surface area contributed by atoms with Gasteiger partial charge in [0.15, 0.2) is 5.82 Å². The van der Waals surface area contributed by atoms with Gasteiger partial charge in [0.2, 0.25) is 5.91 Å². The van der Waals surface area contributed by atoms with Crippen molar-refractivity contribution < 1.29 is 14.4 Å². The topological polar surface area (TPSA) is 94.6 Å². The molecule has 2 aromatic heterocycles. The highest BCUT2D eigenvalue weighted by Gasteiger charge is 2.24. The van der Waals surface area contributed by atoms with E-state index >= 15 is 0 Å². The van der Waals surface area contributed by atoms with Crippen LogP contribution in [0.3, 0.4) is 0 Å². The van der Waals surface area contributed by atoms with Crippen LogP contribution in [0.25, 0.3) is 10.2 Å². The molecule has 3 aromatic rings. The third-order valence-corrected chi connectivity index (χ3v) is 6.84. The van der Waals surface area contributed by atoms with Crippen molar-refractivity contribution in [3.63, 3.8) is 0 Å². The van der Waals surface area contributed by atoms with Gasteiger partial charge in [-0.15, -0.1) is 11.3 Å². The fourth-order valence-corrected chi connectivity index (χ4v) is 5.40. The van der Waals surface area contributed by atoms with E-state index in [-0.39, 0.29) is 0 Å². The van der Waals surface area contributed by atoms with Gasteiger partial charge >= 0.3 is 0 Å². The van der Waals surface area contributed by atoms with Gasteiger partial charge in [-0.05, 0) is 49.1 Å². The zero-order chi connectivity index (χ0) is 19.8. The molecular formula is C21H24N5O2S+. The van der Waals surface area contributed by atoms with Crippen LogP contribution in [-0.4, -0.2) is 42.2 Å². The van der Waals surface area contributed by atoms with Crippen molar-refractivity contribution >= 4 is 39.0 Å². The standard InChI is InChI=1S/C21H23N5O2S/c22-19(27)13-4-6-14(7-5-13)23-20-18-15-2-1-3-16(15)29-21(18)25-17(24-20)12-26-8-10-28-11-9-26/h4-7H,1-3,8-12H2,(H2,22,27)(H,23,24,25)/p+1. The number of nitrogens with one attached hydrogen (secondary N) is 2. The first-order valence-electron chi connectivity index (χ1n) is 10.1. The summed E-state index contributed by atoms with van der Waals surface area (Å²) in [4.78, 5) is 25.2. The molecule has 1 aliphatic heterocycles. The number of nitrogens with two attached hydrogens (primary N) is 1.